The lowest BCUT2D eigenvalue weighted by Crippen LogP contribution is -2.04. The first kappa shape index (κ1) is 17.2. The smallest absolute Gasteiger partial charge is 0.126 e. The first-order valence-corrected chi connectivity index (χ1v) is 9.56. The van der Waals surface area contributed by atoms with Crippen LogP contribution in [-0.4, -0.2) is 0 Å². The second-order valence-electron chi connectivity index (χ2n) is 7.37. The summed E-state index contributed by atoms with van der Waals surface area (Å²) in [5.41, 5.74) is 4.82. The molecule has 0 aromatic heterocycles. The minimum Gasteiger partial charge on any atom is -0.207 e. The van der Waals surface area contributed by atoms with Crippen molar-refractivity contribution in [3.05, 3.63) is 70.5 Å². The maximum atomic E-state index is 13.5. The quantitative estimate of drug-likeness (QED) is 0.516. The van der Waals surface area contributed by atoms with Crippen LogP contribution in [-0.2, 0) is 12.8 Å². The van der Waals surface area contributed by atoms with E-state index in [1.165, 1.54) is 43.2 Å². The van der Waals surface area contributed by atoms with Gasteiger partial charge in [0.05, 0.1) is 0 Å². The zero-order chi connectivity index (χ0) is 16.8. The predicted octanol–water partition coefficient (Wildman–Crippen LogP) is 6.75. The molecule has 0 aliphatic heterocycles. The molecule has 1 saturated carbocycles. The Morgan fingerprint density at radius 3 is 2.12 bits per heavy atom. The summed E-state index contributed by atoms with van der Waals surface area (Å²) < 4.78 is 13.5. The molecular weight excluding hydrogens is 295 g/mol. The number of unbranched alkanes of at least 4 members (excludes halogenated alkanes) is 1. The zero-order valence-electron chi connectivity index (χ0n) is 14.9. The minimum absolute atomic E-state index is 0.0780. The van der Waals surface area contributed by atoms with Gasteiger partial charge in [0, 0.05) is 0 Å². The van der Waals surface area contributed by atoms with Gasteiger partial charge in [-0.25, -0.2) is 4.39 Å². The monoisotopic (exact) mass is 324 g/mol. The molecule has 1 aliphatic rings. The highest BCUT2D eigenvalue weighted by atomic mass is 19.1. The summed E-state index contributed by atoms with van der Waals surface area (Å²) in [6, 6.07) is 15.0. The van der Waals surface area contributed by atoms with E-state index in [2.05, 4.69) is 30.3 Å². The fourth-order valence-electron chi connectivity index (χ4n) is 3.84. The number of benzene rings is 2. The number of aryl methyl sites for hydroxylation is 3. The molecule has 24 heavy (non-hydrogen) atoms. The van der Waals surface area contributed by atoms with Crippen LogP contribution in [0.4, 0.5) is 4.39 Å². The molecule has 128 valence electrons. The molecule has 0 bridgehead atoms. The Hall–Kier alpha value is -1.63. The highest BCUT2D eigenvalue weighted by Crippen LogP contribution is 2.32. The normalized spacial score (nSPS) is 15.6. The molecule has 0 radical (unpaired) electrons. The van der Waals surface area contributed by atoms with E-state index in [1.807, 2.05) is 13.0 Å². The zero-order valence-corrected chi connectivity index (χ0v) is 14.9. The van der Waals surface area contributed by atoms with Gasteiger partial charge in [0.25, 0.3) is 0 Å². The minimum atomic E-state index is -0.0780. The van der Waals surface area contributed by atoms with Crippen LogP contribution in [0.2, 0.25) is 0 Å². The predicted molar refractivity (Wildman–Crippen MR) is 100 cm³/mol. The van der Waals surface area contributed by atoms with Crippen molar-refractivity contribution in [2.24, 2.45) is 0 Å². The van der Waals surface area contributed by atoms with Crippen LogP contribution in [0.3, 0.4) is 0 Å². The van der Waals surface area contributed by atoms with E-state index in [4.69, 9.17) is 0 Å². The van der Waals surface area contributed by atoms with E-state index in [9.17, 15) is 4.39 Å². The van der Waals surface area contributed by atoms with E-state index < -0.39 is 0 Å². The van der Waals surface area contributed by atoms with Crippen molar-refractivity contribution in [3.8, 4) is 0 Å². The van der Waals surface area contributed by atoms with Crippen molar-refractivity contribution in [2.75, 3.05) is 0 Å². The van der Waals surface area contributed by atoms with E-state index in [1.54, 1.807) is 6.07 Å². The van der Waals surface area contributed by atoms with Crippen LogP contribution in [0.25, 0.3) is 0 Å². The maximum absolute atomic E-state index is 13.5. The summed E-state index contributed by atoms with van der Waals surface area (Å²) in [5.74, 6) is 0.718. The first-order chi connectivity index (χ1) is 11.7. The Morgan fingerprint density at radius 2 is 1.46 bits per heavy atom. The summed E-state index contributed by atoms with van der Waals surface area (Å²) in [6.07, 6.45) is 11.3. The fraction of sp³-hybridized carbons (Fsp3) is 0.478. The van der Waals surface area contributed by atoms with Gasteiger partial charge in [-0.2, -0.15) is 0 Å². The average molecular weight is 324 g/mol. The van der Waals surface area contributed by atoms with Gasteiger partial charge in [-0.1, -0.05) is 55.7 Å². The number of halogens is 1. The standard InChI is InChI=1S/C23H29F/c1-18-11-12-20(17-23(18)24)8-6-5-7-19-13-15-22(16-14-19)21-9-3-2-4-10-21/h11-17,21H,2-10H2,1H3. The lowest BCUT2D eigenvalue weighted by Gasteiger charge is -2.22. The molecule has 0 unspecified atom stereocenters. The van der Waals surface area contributed by atoms with E-state index in [0.29, 0.717) is 0 Å². The van der Waals surface area contributed by atoms with Crippen molar-refractivity contribution in [2.45, 2.75) is 70.6 Å². The Kier molecular flexibility index (Phi) is 6.07. The summed E-state index contributed by atoms with van der Waals surface area (Å²) in [4.78, 5) is 0. The van der Waals surface area contributed by atoms with E-state index >= 15 is 0 Å². The van der Waals surface area contributed by atoms with E-state index in [0.717, 1.165) is 42.7 Å². The molecule has 1 heteroatoms. The maximum Gasteiger partial charge on any atom is 0.126 e. The molecule has 0 atom stereocenters. The molecule has 0 heterocycles. The Morgan fingerprint density at radius 1 is 0.833 bits per heavy atom. The fourth-order valence-corrected chi connectivity index (χ4v) is 3.84. The van der Waals surface area contributed by atoms with Gasteiger partial charge in [-0.15, -0.1) is 0 Å². The molecule has 2 aromatic carbocycles. The molecule has 1 aliphatic carbocycles. The lowest BCUT2D eigenvalue weighted by molar-refractivity contribution is 0.443. The second-order valence-corrected chi connectivity index (χ2v) is 7.37. The van der Waals surface area contributed by atoms with Crippen LogP contribution in [0.1, 0.15) is 73.1 Å². The molecular formula is C23H29F. The highest BCUT2D eigenvalue weighted by molar-refractivity contribution is 5.26. The van der Waals surface area contributed by atoms with Crippen LogP contribution in [0.15, 0.2) is 42.5 Å². The molecule has 0 spiro atoms. The number of hydrogen-bond acceptors (Lipinski definition) is 0. The third kappa shape index (κ3) is 4.69. The van der Waals surface area contributed by atoms with Gasteiger partial charge in [-0.3, -0.25) is 0 Å². The van der Waals surface area contributed by atoms with Crippen LogP contribution in [0, 0.1) is 12.7 Å². The Balaban J connectivity index is 1.44. The van der Waals surface area contributed by atoms with Gasteiger partial charge in [-0.05, 0) is 79.7 Å². The molecule has 1 fully saturated rings. The highest BCUT2D eigenvalue weighted by Gasteiger charge is 2.14. The SMILES string of the molecule is Cc1ccc(CCCCc2ccc(C3CCCCC3)cc2)cc1F. The molecule has 0 nitrogen and oxygen atoms in total. The van der Waals surface area contributed by atoms with Crippen LogP contribution < -0.4 is 0 Å². The summed E-state index contributed by atoms with van der Waals surface area (Å²) in [7, 11) is 0. The third-order valence-electron chi connectivity index (χ3n) is 5.47. The largest absolute Gasteiger partial charge is 0.207 e. The molecule has 3 rings (SSSR count). The van der Waals surface area contributed by atoms with Gasteiger partial charge < -0.3 is 0 Å². The average Bonchev–Trinajstić information content (AvgIpc) is 2.63. The van der Waals surface area contributed by atoms with Gasteiger partial charge in [0.1, 0.15) is 5.82 Å². The van der Waals surface area contributed by atoms with Crippen molar-refractivity contribution in [3.63, 3.8) is 0 Å². The van der Waals surface area contributed by atoms with Gasteiger partial charge in [0.15, 0.2) is 0 Å². The van der Waals surface area contributed by atoms with Crippen molar-refractivity contribution >= 4 is 0 Å². The summed E-state index contributed by atoms with van der Waals surface area (Å²) >= 11 is 0. The van der Waals surface area contributed by atoms with Crippen molar-refractivity contribution in [1.29, 1.82) is 0 Å². The Bertz CT molecular complexity index is 636. The Labute approximate surface area is 146 Å². The second kappa shape index (κ2) is 8.46. The third-order valence-corrected chi connectivity index (χ3v) is 5.47. The van der Waals surface area contributed by atoms with Crippen molar-refractivity contribution < 1.29 is 4.39 Å². The molecule has 0 amide bonds. The van der Waals surface area contributed by atoms with Crippen LogP contribution >= 0.6 is 0 Å². The van der Waals surface area contributed by atoms with Crippen LogP contribution in [0.5, 0.6) is 0 Å². The lowest BCUT2D eigenvalue weighted by atomic mass is 9.84. The first-order valence-electron chi connectivity index (χ1n) is 9.56. The van der Waals surface area contributed by atoms with Gasteiger partial charge in [0.2, 0.25) is 0 Å². The number of hydrogen-bond donors (Lipinski definition) is 0. The topological polar surface area (TPSA) is 0 Å². The molecule has 0 N–H and O–H groups in total. The summed E-state index contributed by atoms with van der Waals surface area (Å²) in [6.45, 7) is 1.82. The molecule has 0 saturated heterocycles. The molecule has 2 aromatic rings. The van der Waals surface area contributed by atoms with Crippen molar-refractivity contribution in [1.82, 2.24) is 0 Å². The summed E-state index contributed by atoms with van der Waals surface area (Å²) in [5, 5.41) is 0. The van der Waals surface area contributed by atoms with Gasteiger partial charge >= 0.3 is 0 Å². The van der Waals surface area contributed by atoms with E-state index in [-0.39, 0.29) is 5.82 Å². The number of rotatable bonds is 6.